The molecule has 1 amide bonds. The van der Waals surface area contributed by atoms with Crippen LogP contribution in [0.15, 0.2) is 41.3 Å². The Labute approximate surface area is 152 Å². The predicted octanol–water partition coefficient (Wildman–Crippen LogP) is 4.63. The van der Waals surface area contributed by atoms with Crippen LogP contribution in [0.25, 0.3) is 0 Å². The number of nitrogens with zero attached hydrogens (tertiary/aromatic N) is 1. The van der Waals surface area contributed by atoms with E-state index in [0.717, 1.165) is 0 Å². The van der Waals surface area contributed by atoms with Crippen molar-refractivity contribution in [3.8, 4) is 17.4 Å². The van der Waals surface area contributed by atoms with Crippen molar-refractivity contribution in [2.24, 2.45) is 0 Å². The van der Waals surface area contributed by atoms with E-state index in [1.165, 1.54) is 43.5 Å². The number of methoxy groups -OCH3 is 1. The zero-order valence-electron chi connectivity index (χ0n) is 14.3. The van der Waals surface area contributed by atoms with Crippen LogP contribution < -0.4 is 14.8 Å². The fourth-order valence-electron chi connectivity index (χ4n) is 1.96. The van der Waals surface area contributed by atoms with Gasteiger partial charge in [0.2, 0.25) is 5.88 Å². The zero-order valence-corrected chi connectivity index (χ0v) is 15.1. The van der Waals surface area contributed by atoms with E-state index in [4.69, 9.17) is 9.47 Å². The number of hydrogen-bond donors (Lipinski definition) is 1. The SMILES string of the molecule is COc1cc(Oc2cccc(SC(F)(F)F)c2)nc(C(=O)NC(C)C)c1. The maximum atomic E-state index is 12.5. The first-order chi connectivity index (χ1) is 12.2. The third-order valence-corrected chi connectivity index (χ3v) is 3.65. The van der Waals surface area contributed by atoms with E-state index < -0.39 is 11.4 Å². The van der Waals surface area contributed by atoms with Crippen LogP contribution in [-0.2, 0) is 0 Å². The summed E-state index contributed by atoms with van der Waals surface area (Å²) in [6, 6.07) is 8.30. The summed E-state index contributed by atoms with van der Waals surface area (Å²) in [5.41, 5.74) is -4.32. The van der Waals surface area contributed by atoms with Gasteiger partial charge in [-0.1, -0.05) is 6.07 Å². The summed E-state index contributed by atoms with van der Waals surface area (Å²) in [7, 11) is 1.42. The molecule has 0 saturated carbocycles. The minimum Gasteiger partial charge on any atom is -0.496 e. The van der Waals surface area contributed by atoms with Gasteiger partial charge >= 0.3 is 5.51 Å². The van der Waals surface area contributed by atoms with Crippen LogP contribution in [0.2, 0.25) is 0 Å². The minimum atomic E-state index is -4.39. The third kappa shape index (κ3) is 6.14. The van der Waals surface area contributed by atoms with Crippen molar-refractivity contribution in [3.63, 3.8) is 0 Å². The number of aromatic nitrogens is 1. The predicted molar refractivity (Wildman–Crippen MR) is 91.8 cm³/mol. The third-order valence-electron chi connectivity index (χ3n) is 2.92. The van der Waals surface area contributed by atoms with Gasteiger partial charge in [0.25, 0.3) is 5.91 Å². The average molecular weight is 386 g/mol. The number of hydrogen-bond acceptors (Lipinski definition) is 5. The van der Waals surface area contributed by atoms with Crippen LogP contribution in [0.5, 0.6) is 17.4 Å². The summed E-state index contributed by atoms with van der Waals surface area (Å²) < 4.78 is 48.1. The largest absolute Gasteiger partial charge is 0.496 e. The molecular formula is C17H17F3N2O3S. The molecule has 0 aliphatic carbocycles. The molecule has 0 spiro atoms. The summed E-state index contributed by atoms with van der Waals surface area (Å²) >= 11 is -0.241. The molecule has 0 bridgehead atoms. The van der Waals surface area contributed by atoms with E-state index >= 15 is 0 Å². The van der Waals surface area contributed by atoms with E-state index in [2.05, 4.69) is 10.3 Å². The van der Waals surface area contributed by atoms with Crippen molar-refractivity contribution in [1.82, 2.24) is 10.3 Å². The van der Waals surface area contributed by atoms with Crippen molar-refractivity contribution in [3.05, 3.63) is 42.1 Å². The summed E-state index contributed by atoms with van der Waals surface area (Å²) in [6.07, 6.45) is 0. The zero-order chi connectivity index (χ0) is 19.3. The van der Waals surface area contributed by atoms with Gasteiger partial charge in [0.15, 0.2) is 0 Å². The van der Waals surface area contributed by atoms with Gasteiger partial charge in [0, 0.05) is 23.1 Å². The minimum absolute atomic E-state index is 0.0179. The lowest BCUT2D eigenvalue weighted by molar-refractivity contribution is -0.0328. The number of ether oxygens (including phenoxy) is 2. The highest BCUT2D eigenvalue weighted by molar-refractivity contribution is 8.00. The molecule has 1 aromatic carbocycles. The van der Waals surface area contributed by atoms with Crippen molar-refractivity contribution in [1.29, 1.82) is 0 Å². The van der Waals surface area contributed by atoms with Crippen LogP contribution in [0.3, 0.4) is 0 Å². The summed E-state index contributed by atoms with van der Waals surface area (Å²) in [5.74, 6) is 0.123. The van der Waals surface area contributed by atoms with E-state index in [-0.39, 0.29) is 40.0 Å². The molecule has 0 atom stereocenters. The molecule has 0 fully saturated rings. The molecule has 0 unspecified atom stereocenters. The quantitative estimate of drug-likeness (QED) is 0.734. The number of halogens is 3. The molecule has 1 heterocycles. The Morgan fingerprint density at radius 3 is 2.54 bits per heavy atom. The van der Waals surface area contributed by atoms with Gasteiger partial charge < -0.3 is 14.8 Å². The second-order valence-corrected chi connectivity index (χ2v) is 6.62. The van der Waals surface area contributed by atoms with Crippen molar-refractivity contribution in [2.75, 3.05) is 7.11 Å². The van der Waals surface area contributed by atoms with E-state index in [1.54, 1.807) is 13.8 Å². The number of nitrogens with one attached hydrogen (secondary N) is 1. The molecule has 0 saturated heterocycles. The highest BCUT2D eigenvalue weighted by Crippen LogP contribution is 2.38. The molecule has 1 N–H and O–H groups in total. The standard InChI is InChI=1S/C17H17F3N2O3S/c1-10(2)21-16(23)14-8-12(24-3)9-15(22-14)25-11-5-4-6-13(7-11)26-17(18,19)20/h4-10H,1-3H3,(H,21,23). The fourth-order valence-corrected chi connectivity index (χ4v) is 2.55. The monoisotopic (exact) mass is 386 g/mol. The lowest BCUT2D eigenvalue weighted by Crippen LogP contribution is -2.30. The van der Waals surface area contributed by atoms with Gasteiger partial charge in [-0.3, -0.25) is 4.79 Å². The molecule has 2 aromatic rings. The summed E-state index contributed by atoms with van der Waals surface area (Å²) in [5, 5.41) is 2.70. The maximum absolute atomic E-state index is 12.5. The molecule has 26 heavy (non-hydrogen) atoms. The molecule has 5 nitrogen and oxygen atoms in total. The van der Waals surface area contributed by atoms with E-state index in [1.807, 2.05) is 0 Å². The number of amides is 1. The normalized spacial score (nSPS) is 11.3. The number of alkyl halides is 3. The van der Waals surface area contributed by atoms with Crippen LogP contribution in [0.4, 0.5) is 13.2 Å². The highest BCUT2D eigenvalue weighted by atomic mass is 32.2. The average Bonchev–Trinajstić information content (AvgIpc) is 2.52. The Morgan fingerprint density at radius 1 is 1.19 bits per heavy atom. The molecule has 0 aliphatic heterocycles. The molecular weight excluding hydrogens is 369 g/mol. The van der Waals surface area contributed by atoms with E-state index in [0.29, 0.717) is 5.75 Å². The number of carbonyl (C=O) groups is 1. The second kappa shape index (κ2) is 8.31. The molecule has 9 heteroatoms. The summed E-state index contributed by atoms with van der Waals surface area (Å²) in [6.45, 7) is 3.61. The number of carbonyl (C=O) groups excluding carboxylic acids is 1. The van der Waals surface area contributed by atoms with Gasteiger partial charge in [0.05, 0.1) is 7.11 Å². The molecule has 2 rings (SSSR count). The molecule has 1 aromatic heterocycles. The van der Waals surface area contributed by atoms with Crippen LogP contribution in [-0.4, -0.2) is 29.6 Å². The van der Waals surface area contributed by atoms with Crippen molar-refractivity contribution >= 4 is 17.7 Å². The van der Waals surface area contributed by atoms with E-state index in [9.17, 15) is 18.0 Å². The first-order valence-electron chi connectivity index (χ1n) is 7.57. The van der Waals surface area contributed by atoms with Crippen molar-refractivity contribution in [2.45, 2.75) is 30.3 Å². The Bertz CT molecular complexity index is 782. The smallest absolute Gasteiger partial charge is 0.446 e. The first kappa shape index (κ1) is 19.9. The van der Waals surface area contributed by atoms with Gasteiger partial charge in [-0.05, 0) is 43.8 Å². The molecule has 140 valence electrons. The Hall–Kier alpha value is -2.42. The lowest BCUT2D eigenvalue weighted by atomic mass is 10.3. The maximum Gasteiger partial charge on any atom is 0.446 e. The molecule has 0 radical (unpaired) electrons. The number of benzene rings is 1. The first-order valence-corrected chi connectivity index (χ1v) is 8.38. The number of thioether (sulfide) groups is 1. The van der Waals surface area contributed by atoms with Gasteiger partial charge in [-0.15, -0.1) is 0 Å². The van der Waals surface area contributed by atoms with Crippen LogP contribution in [0.1, 0.15) is 24.3 Å². The lowest BCUT2D eigenvalue weighted by Gasteiger charge is -2.12. The Morgan fingerprint density at radius 2 is 1.92 bits per heavy atom. The Kier molecular flexibility index (Phi) is 6.36. The van der Waals surface area contributed by atoms with Crippen molar-refractivity contribution < 1.29 is 27.4 Å². The topological polar surface area (TPSA) is 60.5 Å². The second-order valence-electron chi connectivity index (χ2n) is 5.48. The van der Waals surface area contributed by atoms with Gasteiger partial charge in [-0.25, -0.2) is 4.98 Å². The Balaban J connectivity index is 2.26. The highest BCUT2D eigenvalue weighted by Gasteiger charge is 2.29. The van der Waals surface area contributed by atoms with Gasteiger partial charge in [-0.2, -0.15) is 13.2 Å². The summed E-state index contributed by atoms with van der Waals surface area (Å²) in [4.78, 5) is 16.2. The van der Waals surface area contributed by atoms with Crippen LogP contribution >= 0.6 is 11.8 Å². The molecule has 0 aliphatic rings. The number of pyridine rings is 1. The van der Waals surface area contributed by atoms with Crippen LogP contribution in [0, 0.1) is 0 Å². The fraction of sp³-hybridized carbons (Fsp3) is 0.294. The van der Waals surface area contributed by atoms with Gasteiger partial charge in [0.1, 0.15) is 17.2 Å². The number of rotatable bonds is 6.